The molecule has 2 heterocycles. The van der Waals surface area contributed by atoms with Crippen LogP contribution in [0.15, 0.2) is 29.0 Å². The molecular weight excluding hydrogens is 266 g/mol. The number of ether oxygens (including phenoxy) is 1. The molecule has 21 heavy (non-hydrogen) atoms. The van der Waals surface area contributed by atoms with Crippen molar-refractivity contribution in [2.75, 3.05) is 13.7 Å². The lowest BCUT2D eigenvalue weighted by Gasteiger charge is -2.20. The van der Waals surface area contributed by atoms with Crippen molar-refractivity contribution < 1.29 is 9.15 Å². The number of furan rings is 1. The standard InChI is InChI=1S/C16H25N3O2/c1-4-10-19-16(15(20-3)12-18-19)14(17-5-2)9-8-13-7-6-11-21-13/h6-7,11-12,14,17H,4-5,8-10H2,1-3H3. The first-order valence-electron chi connectivity index (χ1n) is 7.65. The number of nitrogens with one attached hydrogen (secondary N) is 1. The van der Waals surface area contributed by atoms with Gasteiger partial charge in [-0.1, -0.05) is 13.8 Å². The highest BCUT2D eigenvalue weighted by molar-refractivity contribution is 5.28. The van der Waals surface area contributed by atoms with E-state index in [1.165, 1.54) is 0 Å². The van der Waals surface area contributed by atoms with Crippen LogP contribution in [0.1, 0.15) is 44.2 Å². The number of aromatic nitrogens is 2. The fraction of sp³-hybridized carbons (Fsp3) is 0.562. The van der Waals surface area contributed by atoms with Crippen LogP contribution in [0.3, 0.4) is 0 Å². The minimum Gasteiger partial charge on any atom is -0.493 e. The Bertz CT molecular complexity index is 520. The van der Waals surface area contributed by atoms with E-state index in [9.17, 15) is 0 Å². The van der Waals surface area contributed by atoms with Gasteiger partial charge in [-0.2, -0.15) is 5.10 Å². The fourth-order valence-electron chi connectivity index (χ4n) is 2.60. The Morgan fingerprint density at radius 1 is 1.43 bits per heavy atom. The number of methoxy groups -OCH3 is 1. The minimum atomic E-state index is 0.212. The van der Waals surface area contributed by atoms with E-state index in [4.69, 9.17) is 9.15 Å². The molecule has 1 atom stereocenters. The number of hydrogen-bond donors (Lipinski definition) is 1. The van der Waals surface area contributed by atoms with Gasteiger partial charge in [0.1, 0.15) is 5.76 Å². The van der Waals surface area contributed by atoms with Crippen molar-refractivity contribution in [1.29, 1.82) is 0 Å². The van der Waals surface area contributed by atoms with Crippen LogP contribution in [0.2, 0.25) is 0 Å². The maximum absolute atomic E-state index is 5.49. The molecule has 1 N–H and O–H groups in total. The van der Waals surface area contributed by atoms with Gasteiger partial charge in [0.25, 0.3) is 0 Å². The van der Waals surface area contributed by atoms with Gasteiger partial charge < -0.3 is 14.5 Å². The van der Waals surface area contributed by atoms with Gasteiger partial charge in [-0.15, -0.1) is 0 Å². The molecule has 2 aromatic heterocycles. The van der Waals surface area contributed by atoms with Gasteiger partial charge >= 0.3 is 0 Å². The van der Waals surface area contributed by atoms with Crippen LogP contribution >= 0.6 is 0 Å². The lowest BCUT2D eigenvalue weighted by atomic mass is 10.1. The molecule has 2 rings (SSSR count). The Kier molecular flexibility index (Phi) is 5.87. The Morgan fingerprint density at radius 3 is 2.90 bits per heavy atom. The average Bonchev–Trinajstić information content (AvgIpc) is 3.13. The van der Waals surface area contributed by atoms with E-state index in [0.29, 0.717) is 0 Å². The largest absolute Gasteiger partial charge is 0.493 e. The second-order valence-electron chi connectivity index (χ2n) is 5.05. The van der Waals surface area contributed by atoms with E-state index in [-0.39, 0.29) is 6.04 Å². The molecule has 0 amide bonds. The highest BCUT2D eigenvalue weighted by atomic mass is 16.5. The quantitative estimate of drug-likeness (QED) is 0.771. The molecule has 1 unspecified atom stereocenters. The van der Waals surface area contributed by atoms with Gasteiger partial charge in [0.2, 0.25) is 0 Å². The number of hydrogen-bond acceptors (Lipinski definition) is 4. The maximum Gasteiger partial charge on any atom is 0.161 e. The predicted octanol–water partition coefficient (Wildman–Crippen LogP) is 3.18. The van der Waals surface area contributed by atoms with Crippen LogP contribution in [0.5, 0.6) is 5.75 Å². The highest BCUT2D eigenvalue weighted by Crippen LogP contribution is 2.28. The minimum absolute atomic E-state index is 0.212. The van der Waals surface area contributed by atoms with Crippen molar-refractivity contribution in [3.63, 3.8) is 0 Å². The predicted molar refractivity (Wildman–Crippen MR) is 82.5 cm³/mol. The first kappa shape index (κ1) is 15.6. The number of aryl methyl sites for hydroxylation is 2. The second kappa shape index (κ2) is 7.88. The summed E-state index contributed by atoms with van der Waals surface area (Å²) in [5.41, 5.74) is 1.13. The van der Waals surface area contributed by atoms with Gasteiger partial charge in [-0.05, 0) is 31.5 Å². The summed E-state index contributed by atoms with van der Waals surface area (Å²) in [6.07, 6.45) is 6.43. The molecule has 0 aliphatic heterocycles. The molecule has 0 aliphatic carbocycles. The molecule has 0 saturated heterocycles. The lowest BCUT2D eigenvalue weighted by Crippen LogP contribution is -2.25. The van der Waals surface area contributed by atoms with Crippen LogP contribution in [-0.4, -0.2) is 23.4 Å². The molecular formula is C16H25N3O2. The molecule has 0 spiro atoms. The van der Waals surface area contributed by atoms with Crippen LogP contribution in [0.25, 0.3) is 0 Å². The first-order chi connectivity index (χ1) is 10.3. The van der Waals surface area contributed by atoms with E-state index in [1.54, 1.807) is 13.4 Å². The Hall–Kier alpha value is -1.75. The smallest absolute Gasteiger partial charge is 0.161 e. The van der Waals surface area contributed by atoms with Gasteiger partial charge in [0.05, 0.1) is 31.3 Å². The van der Waals surface area contributed by atoms with Crippen LogP contribution in [0.4, 0.5) is 0 Å². The number of nitrogens with zero attached hydrogens (tertiary/aromatic N) is 2. The molecule has 116 valence electrons. The Labute approximate surface area is 126 Å². The van der Waals surface area contributed by atoms with E-state index >= 15 is 0 Å². The molecule has 0 fully saturated rings. The zero-order valence-electron chi connectivity index (χ0n) is 13.1. The van der Waals surface area contributed by atoms with Crippen molar-refractivity contribution >= 4 is 0 Å². The van der Waals surface area contributed by atoms with Crippen molar-refractivity contribution in [3.05, 3.63) is 36.0 Å². The third-order valence-corrected chi connectivity index (χ3v) is 3.54. The summed E-state index contributed by atoms with van der Waals surface area (Å²) in [5, 5.41) is 7.99. The summed E-state index contributed by atoms with van der Waals surface area (Å²) in [4.78, 5) is 0. The average molecular weight is 291 g/mol. The number of rotatable bonds is 9. The molecule has 5 heteroatoms. The Morgan fingerprint density at radius 2 is 2.29 bits per heavy atom. The monoisotopic (exact) mass is 291 g/mol. The summed E-state index contributed by atoms with van der Waals surface area (Å²) in [7, 11) is 1.70. The van der Waals surface area contributed by atoms with Crippen LogP contribution in [-0.2, 0) is 13.0 Å². The molecule has 5 nitrogen and oxygen atoms in total. The summed E-state index contributed by atoms with van der Waals surface area (Å²) < 4.78 is 13.0. The maximum atomic E-state index is 5.49. The third kappa shape index (κ3) is 3.88. The fourth-order valence-corrected chi connectivity index (χ4v) is 2.60. The SMILES string of the molecule is CCCn1ncc(OC)c1C(CCc1ccco1)NCC. The van der Waals surface area contributed by atoms with Gasteiger partial charge in [0.15, 0.2) is 5.75 Å². The summed E-state index contributed by atoms with van der Waals surface area (Å²) in [5.74, 6) is 1.87. The van der Waals surface area contributed by atoms with E-state index in [2.05, 4.69) is 24.3 Å². The molecule has 0 aromatic carbocycles. The van der Waals surface area contributed by atoms with E-state index in [0.717, 1.165) is 49.6 Å². The molecule has 2 aromatic rings. The normalized spacial score (nSPS) is 12.5. The van der Waals surface area contributed by atoms with Crippen molar-refractivity contribution in [2.24, 2.45) is 0 Å². The highest BCUT2D eigenvalue weighted by Gasteiger charge is 2.21. The topological polar surface area (TPSA) is 52.2 Å². The second-order valence-corrected chi connectivity index (χ2v) is 5.05. The van der Waals surface area contributed by atoms with Crippen LogP contribution in [0, 0.1) is 0 Å². The zero-order valence-corrected chi connectivity index (χ0v) is 13.1. The molecule has 0 bridgehead atoms. The molecule has 0 radical (unpaired) electrons. The van der Waals surface area contributed by atoms with Crippen molar-refractivity contribution in [1.82, 2.24) is 15.1 Å². The van der Waals surface area contributed by atoms with Crippen LogP contribution < -0.4 is 10.1 Å². The van der Waals surface area contributed by atoms with Gasteiger partial charge in [-0.3, -0.25) is 4.68 Å². The third-order valence-electron chi connectivity index (χ3n) is 3.54. The zero-order chi connectivity index (χ0) is 15.1. The van der Waals surface area contributed by atoms with Gasteiger partial charge in [-0.25, -0.2) is 0 Å². The molecule has 0 saturated carbocycles. The van der Waals surface area contributed by atoms with Crippen molar-refractivity contribution in [3.8, 4) is 5.75 Å². The first-order valence-corrected chi connectivity index (χ1v) is 7.65. The Balaban J connectivity index is 2.17. The van der Waals surface area contributed by atoms with E-state index in [1.807, 2.05) is 23.0 Å². The van der Waals surface area contributed by atoms with Crippen molar-refractivity contribution in [2.45, 2.75) is 45.7 Å². The summed E-state index contributed by atoms with van der Waals surface area (Å²) >= 11 is 0. The van der Waals surface area contributed by atoms with E-state index < -0.39 is 0 Å². The van der Waals surface area contributed by atoms with Gasteiger partial charge in [0, 0.05) is 13.0 Å². The summed E-state index contributed by atoms with van der Waals surface area (Å²) in [6, 6.07) is 4.16. The lowest BCUT2D eigenvalue weighted by molar-refractivity contribution is 0.380. The molecule has 0 aliphatic rings. The summed E-state index contributed by atoms with van der Waals surface area (Å²) in [6.45, 7) is 6.08.